The molecule has 1 atom stereocenters. The van der Waals surface area contributed by atoms with Crippen molar-refractivity contribution in [3.63, 3.8) is 0 Å². The number of benzene rings is 1. The molecule has 0 amide bonds. The quantitative estimate of drug-likeness (QED) is 0.729. The Hall–Kier alpha value is -1.82. The molecule has 0 heterocycles. The molecule has 1 rings (SSSR count). The highest BCUT2D eigenvalue weighted by Crippen LogP contribution is 2.19. The lowest BCUT2D eigenvalue weighted by atomic mass is 9.97. The Labute approximate surface area is 82.9 Å². The molecular weight excluding hydrogens is 178 g/mol. The molecule has 0 aromatic heterocycles. The molecule has 0 aliphatic rings. The Morgan fingerprint density at radius 3 is 2.36 bits per heavy atom. The molecule has 0 saturated carbocycles. The number of hydrogen-bond acceptors (Lipinski definition) is 3. The third kappa shape index (κ3) is 2.11. The van der Waals surface area contributed by atoms with Crippen LogP contribution in [0.3, 0.4) is 0 Å². The van der Waals surface area contributed by atoms with E-state index in [1.165, 1.54) is 6.92 Å². The van der Waals surface area contributed by atoms with Crippen molar-refractivity contribution in [1.82, 2.24) is 0 Å². The molecule has 3 nitrogen and oxygen atoms in total. The first-order valence-corrected chi connectivity index (χ1v) is 4.23. The summed E-state index contributed by atoms with van der Waals surface area (Å²) < 4.78 is 4.98. The minimum Gasteiger partial charge on any atom is -0.497 e. The van der Waals surface area contributed by atoms with Gasteiger partial charge >= 0.3 is 0 Å². The standard InChI is InChI=1S/C11H11NO2/c1-8(13)11(7-12)9-3-5-10(14-2)6-4-9/h3-6,11H,1-2H3. The van der Waals surface area contributed by atoms with Crippen molar-refractivity contribution in [1.29, 1.82) is 5.26 Å². The lowest BCUT2D eigenvalue weighted by molar-refractivity contribution is -0.117. The van der Waals surface area contributed by atoms with Crippen molar-refractivity contribution < 1.29 is 9.53 Å². The molecule has 0 fully saturated rings. The molecule has 1 unspecified atom stereocenters. The number of rotatable bonds is 3. The Morgan fingerprint density at radius 2 is 2.00 bits per heavy atom. The van der Waals surface area contributed by atoms with Crippen LogP contribution in [-0.2, 0) is 4.79 Å². The summed E-state index contributed by atoms with van der Waals surface area (Å²) >= 11 is 0. The van der Waals surface area contributed by atoms with Gasteiger partial charge in [0.15, 0.2) is 5.78 Å². The summed E-state index contributed by atoms with van der Waals surface area (Å²) in [6.07, 6.45) is 0. The van der Waals surface area contributed by atoms with E-state index < -0.39 is 5.92 Å². The number of nitrogens with zero attached hydrogens (tertiary/aromatic N) is 1. The number of Topliss-reactive ketones (excluding diaryl/α,β-unsaturated/α-hetero) is 1. The van der Waals surface area contributed by atoms with Gasteiger partial charge in [0.05, 0.1) is 13.2 Å². The fourth-order valence-corrected chi connectivity index (χ4v) is 1.20. The molecule has 0 aliphatic heterocycles. The monoisotopic (exact) mass is 189 g/mol. The van der Waals surface area contributed by atoms with Crippen LogP contribution in [0.15, 0.2) is 24.3 Å². The molecule has 72 valence electrons. The molecule has 0 N–H and O–H groups in total. The van der Waals surface area contributed by atoms with Gasteiger partial charge in [-0.1, -0.05) is 12.1 Å². The smallest absolute Gasteiger partial charge is 0.151 e. The predicted octanol–water partition coefficient (Wildman–Crippen LogP) is 1.89. The molecule has 1 aromatic rings. The number of hydrogen-bond donors (Lipinski definition) is 0. The van der Waals surface area contributed by atoms with E-state index in [0.29, 0.717) is 11.3 Å². The van der Waals surface area contributed by atoms with Gasteiger partial charge in [0, 0.05) is 0 Å². The Bertz CT molecular complexity index is 362. The van der Waals surface area contributed by atoms with E-state index in [9.17, 15) is 4.79 Å². The first-order chi connectivity index (χ1) is 6.69. The molecular formula is C11H11NO2. The maximum absolute atomic E-state index is 11.1. The molecule has 0 saturated heterocycles. The van der Waals surface area contributed by atoms with E-state index in [0.717, 1.165) is 0 Å². The number of carbonyl (C=O) groups excluding carboxylic acids is 1. The van der Waals surface area contributed by atoms with Crippen LogP contribution >= 0.6 is 0 Å². The molecule has 3 heteroatoms. The van der Waals surface area contributed by atoms with E-state index in [4.69, 9.17) is 10.00 Å². The summed E-state index contributed by atoms with van der Waals surface area (Å²) in [5.74, 6) is -0.0902. The number of nitriles is 1. The van der Waals surface area contributed by atoms with Gasteiger partial charge in [-0.3, -0.25) is 4.79 Å². The fourth-order valence-electron chi connectivity index (χ4n) is 1.20. The maximum Gasteiger partial charge on any atom is 0.151 e. The summed E-state index contributed by atoms with van der Waals surface area (Å²) in [6.45, 7) is 1.41. The van der Waals surface area contributed by atoms with Gasteiger partial charge in [-0.05, 0) is 24.6 Å². The van der Waals surface area contributed by atoms with Gasteiger partial charge in [-0.2, -0.15) is 5.26 Å². The topological polar surface area (TPSA) is 50.1 Å². The van der Waals surface area contributed by atoms with Crippen LogP contribution < -0.4 is 4.74 Å². The van der Waals surface area contributed by atoms with Crippen LogP contribution in [0, 0.1) is 11.3 Å². The molecule has 0 aliphatic carbocycles. The molecule has 0 spiro atoms. The van der Waals surface area contributed by atoms with E-state index in [-0.39, 0.29) is 5.78 Å². The lowest BCUT2D eigenvalue weighted by Gasteiger charge is -2.05. The molecule has 0 bridgehead atoms. The van der Waals surface area contributed by atoms with E-state index >= 15 is 0 Å². The second-order valence-corrected chi connectivity index (χ2v) is 2.95. The van der Waals surface area contributed by atoms with Gasteiger partial charge in [0.25, 0.3) is 0 Å². The average molecular weight is 189 g/mol. The van der Waals surface area contributed by atoms with Crippen molar-refractivity contribution >= 4 is 5.78 Å². The third-order valence-corrected chi connectivity index (χ3v) is 1.98. The zero-order valence-electron chi connectivity index (χ0n) is 8.15. The highest BCUT2D eigenvalue weighted by molar-refractivity contribution is 5.86. The minimum atomic E-state index is -0.666. The maximum atomic E-state index is 11.1. The number of carbonyl (C=O) groups is 1. The van der Waals surface area contributed by atoms with Crippen LogP contribution in [0.2, 0.25) is 0 Å². The number of ketones is 1. The first kappa shape index (κ1) is 10.3. The van der Waals surface area contributed by atoms with Crippen molar-refractivity contribution in [3.05, 3.63) is 29.8 Å². The number of ether oxygens (including phenoxy) is 1. The van der Waals surface area contributed by atoms with Crippen molar-refractivity contribution in [3.8, 4) is 11.8 Å². The van der Waals surface area contributed by atoms with Crippen LogP contribution in [0.25, 0.3) is 0 Å². The van der Waals surface area contributed by atoms with Gasteiger partial charge in [-0.25, -0.2) is 0 Å². The highest BCUT2D eigenvalue weighted by atomic mass is 16.5. The highest BCUT2D eigenvalue weighted by Gasteiger charge is 2.15. The number of methoxy groups -OCH3 is 1. The zero-order valence-corrected chi connectivity index (χ0v) is 8.15. The Balaban J connectivity index is 2.96. The second-order valence-electron chi connectivity index (χ2n) is 2.95. The van der Waals surface area contributed by atoms with Crippen LogP contribution in [-0.4, -0.2) is 12.9 Å². The third-order valence-electron chi connectivity index (χ3n) is 1.98. The van der Waals surface area contributed by atoms with E-state index in [1.807, 2.05) is 6.07 Å². The molecule has 1 aromatic carbocycles. The average Bonchev–Trinajstić information content (AvgIpc) is 2.19. The van der Waals surface area contributed by atoms with Crippen LogP contribution in [0.4, 0.5) is 0 Å². The van der Waals surface area contributed by atoms with Crippen LogP contribution in [0.5, 0.6) is 5.75 Å². The molecule has 0 radical (unpaired) electrons. The van der Waals surface area contributed by atoms with E-state index in [2.05, 4.69) is 0 Å². The largest absolute Gasteiger partial charge is 0.497 e. The van der Waals surface area contributed by atoms with Gasteiger partial charge in [-0.15, -0.1) is 0 Å². The normalized spacial score (nSPS) is 11.5. The summed E-state index contributed by atoms with van der Waals surface area (Å²) in [6, 6.07) is 8.90. The van der Waals surface area contributed by atoms with Gasteiger partial charge in [0.2, 0.25) is 0 Å². The predicted molar refractivity (Wildman–Crippen MR) is 52.0 cm³/mol. The van der Waals surface area contributed by atoms with Crippen molar-refractivity contribution in [2.45, 2.75) is 12.8 Å². The van der Waals surface area contributed by atoms with Crippen LogP contribution in [0.1, 0.15) is 18.4 Å². The second kappa shape index (κ2) is 4.43. The van der Waals surface area contributed by atoms with Gasteiger partial charge in [0.1, 0.15) is 11.7 Å². The Morgan fingerprint density at radius 1 is 1.43 bits per heavy atom. The van der Waals surface area contributed by atoms with E-state index in [1.54, 1.807) is 31.4 Å². The minimum absolute atomic E-state index is 0.141. The lowest BCUT2D eigenvalue weighted by Crippen LogP contribution is -2.05. The Kier molecular flexibility index (Phi) is 3.24. The first-order valence-electron chi connectivity index (χ1n) is 4.23. The van der Waals surface area contributed by atoms with Crippen molar-refractivity contribution in [2.24, 2.45) is 0 Å². The SMILES string of the molecule is COc1ccc(C(C#N)C(C)=O)cc1. The fraction of sp³-hybridized carbons (Fsp3) is 0.273. The summed E-state index contributed by atoms with van der Waals surface area (Å²) in [5, 5.41) is 8.77. The summed E-state index contributed by atoms with van der Waals surface area (Å²) in [7, 11) is 1.57. The summed E-state index contributed by atoms with van der Waals surface area (Å²) in [4.78, 5) is 11.1. The summed E-state index contributed by atoms with van der Waals surface area (Å²) in [5.41, 5.74) is 0.709. The van der Waals surface area contributed by atoms with Gasteiger partial charge < -0.3 is 4.74 Å². The molecule has 14 heavy (non-hydrogen) atoms. The van der Waals surface area contributed by atoms with Crippen molar-refractivity contribution in [2.75, 3.05) is 7.11 Å². The zero-order chi connectivity index (χ0) is 10.6.